The summed E-state index contributed by atoms with van der Waals surface area (Å²) in [7, 11) is 0. The van der Waals surface area contributed by atoms with E-state index in [0.717, 1.165) is 80.7 Å². The first-order valence-electron chi connectivity index (χ1n) is 9.95. The van der Waals surface area contributed by atoms with Gasteiger partial charge in [0.1, 0.15) is 5.82 Å². The van der Waals surface area contributed by atoms with E-state index >= 15 is 0 Å². The van der Waals surface area contributed by atoms with Gasteiger partial charge in [-0.2, -0.15) is 4.98 Å². The van der Waals surface area contributed by atoms with Gasteiger partial charge in [0.25, 0.3) is 0 Å². The smallest absolute Gasteiger partial charge is 0.228 e. The normalized spacial score (nSPS) is 22.4. The molecule has 9 nitrogen and oxygen atoms in total. The molecule has 2 aromatic rings. The van der Waals surface area contributed by atoms with Crippen molar-refractivity contribution in [1.82, 2.24) is 19.9 Å². The van der Waals surface area contributed by atoms with E-state index in [1.165, 1.54) is 0 Å². The molecule has 0 radical (unpaired) electrons. The van der Waals surface area contributed by atoms with Crippen molar-refractivity contribution < 1.29 is 9.47 Å². The summed E-state index contributed by atoms with van der Waals surface area (Å²) in [5.41, 5.74) is 8.63. The van der Waals surface area contributed by atoms with Crippen LogP contribution in [0.4, 0.5) is 17.7 Å². The molecular weight excluding hydrogens is 358 g/mol. The lowest BCUT2D eigenvalue weighted by atomic mass is 10.1. The summed E-state index contributed by atoms with van der Waals surface area (Å²) >= 11 is 0. The second-order valence-corrected chi connectivity index (χ2v) is 7.42. The van der Waals surface area contributed by atoms with Crippen molar-refractivity contribution in [2.75, 3.05) is 61.6 Å². The lowest BCUT2D eigenvalue weighted by Crippen LogP contribution is -2.41. The molecule has 0 amide bonds. The first-order chi connectivity index (χ1) is 13.8. The van der Waals surface area contributed by atoms with Crippen LogP contribution < -0.4 is 15.5 Å². The van der Waals surface area contributed by atoms with Crippen molar-refractivity contribution in [3.05, 3.63) is 18.0 Å². The molecule has 148 valence electrons. The maximum Gasteiger partial charge on any atom is 0.228 e. The van der Waals surface area contributed by atoms with Crippen LogP contribution in [-0.4, -0.2) is 72.0 Å². The van der Waals surface area contributed by atoms with E-state index in [1.54, 1.807) is 12.4 Å². The summed E-state index contributed by atoms with van der Waals surface area (Å²) in [6, 6.07) is 0.373. The van der Waals surface area contributed by atoms with Crippen molar-refractivity contribution >= 4 is 17.7 Å². The summed E-state index contributed by atoms with van der Waals surface area (Å²) < 4.78 is 11.2. The maximum absolute atomic E-state index is 5.74. The van der Waals surface area contributed by atoms with Crippen LogP contribution in [0.15, 0.2) is 12.4 Å². The van der Waals surface area contributed by atoms with Gasteiger partial charge in [0, 0.05) is 49.8 Å². The highest BCUT2D eigenvalue weighted by molar-refractivity contribution is 5.72. The zero-order chi connectivity index (χ0) is 18.9. The number of rotatable bonds is 3. The first-order valence-corrected chi connectivity index (χ1v) is 9.95. The van der Waals surface area contributed by atoms with Crippen molar-refractivity contribution in [3.8, 4) is 11.3 Å². The third kappa shape index (κ3) is 3.24. The number of hydrogen-bond acceptors (Lipinski definition) is 9. The monoisotopic (exact) mass is 383 g/mol. The van der Waals surface area contributed by atoms with Gasteiger partial charge < -0.3 is 25.0 Å². The van der Waals surface area contributed by atoms with Gasteiger partial charge >= 0.3 is 0 Å². The summed E-state index contributed by atoms with van der Waals surface area (Å²) in [6.07, 6.45) is 6.64. The third-order valence-corrected chi connectivity index (χ3v) is 5.66. The Morgan fingerprint density at radius 3 is 2.57 bits per heavy atom. The van der Waals surface area contributed by atoms with Crippen molar-refractivity contribution in [2.24, 2.45) is 0 Å². The van der Waals surface area contributed by atoms with Crippen LogP contribution >= 0.6 is 0 Å². The number of aromatic nitrogens is 4. The molecule has 0 saturated carbocycles. The summed E-state index contributed by atoms with van der Waals surface area (Å²) in [5.74, 6) is 2.04. The second-order valence-electron chi connectivity index (χ2n) is 7.42. The minimum Gasteiger partial charge on any atom is -0.379 e. The minimum absolute atomic E-state index is 0.267. The predicted octanol–water partition coefficient (Wildman–Crippen LogP) is 0.894. The van der Waals surface area contributed by atoms with Gasteiger partial charge in [0.05, 0.1) is 31.6 Å². The molecule has 5 heterocycles. The lowest BCUT2D eigenvalue weighted by molar-refractivity contribution is 0.0796. The highest BCUT2D eigenvalue weighted by Crippen LogP contribution is 2.37. The number of fused-ring (bicyclic) bond motifs is 1. The van der Waals surface area contributed by atoms with Gasteiger partial charge in [-0.15, -0.1) is 0 Å². The molecule has 5 rings (SSSR count). The Labute approximate surface area is 163 Å². The van der Waals surface area contributed by atoms with E-state index in [-0.39, 0.29) is 5.95 Å². The molecule has 28 heavy (non-hydrogen) atoms. The van der Waals surface area contributed by atoms with Gasteiger partial charge in [0.15, 0.2) is 0 Å². The van der Waals surface area contributed by atoms with Gasteiger partial charge in [-0.05, 0) is 19.3 Å². The van der Waals surface area contributed by atoms with Crippen LogP contribution in [0, 0.1) is 0 Å². The Hall–Kier alpha value is -2.52. The molecule has 2 saturated heterocycles. The second kappa shape index (κ2) is 7.48. The molecule has 9 heteroatoms. The van der Waals surface area contributed by atoms with Crippen LogP contribution in [0.25, 0.3) is 11.3 Å². The molecule has 2 N–H and O–H groups in total. The molecule has 2 fully saturated rings. The maximum atomic E-state index is 5.74. The summed E-state index contributed by atoms with van der Waals surface area (Å²) in [4.78, 5) is 22.9. The number of nitrogens with two attached hydrogens (primary N) is 1. The summed E-state index contributed by atoms with van der Waals surface area (Å²) in [5, 5.41) is 0. The first kappa shape index (κ1) is 17.6. The fraction of sp³-hybridized carbons (Fsp3) is 0.579. The topological polar surface area (TPSA) is 103 Å². The van der Waals surface area contributed by atoms with E-state index < -0.39 is 0 Å². The Bertz CT molecular complexity index is 833. The number of anilines is 3. The molecular formula is C19H25N7O2. The molecule has 0 aromatic carbocycles. The lowest BCUT2D eigenvalue weighted by Gasteiger charge is -2.33. The third-order valence-electron chi connectivity index (χ3n) is 5.66. The Morgan fingerprint density at radius 1 is 1.00 bits per heavy atom. The minimum atomic E-state index is 0.267. The number of nitrogens with zero attached hydrogens (tertiary/aromatic N) is 6. The molecule has 1 unspecified atom stereocenters. The zero-order valence-corrected chi connectivity index (χ0v) is 15.9. The number of morpholine rings is 1. The molecule has 1 atom stereocenters. The van der Waals surface area contributed by atoms with E-state index in [1.807, 2.05) is 0 Å². The average Bonchev–Trinajstić information content (AvgIpc) is 3.19. The Balaban J connectivity index is 1.58. The standard InChI is InChI=1S/C19H25N7O2/c20-18-21-10-13(11-22-18)16-15-3-4-26(14-2-1-7-28-12-14)17(15)24-19(23-16)25-5-8-27-9-6-25/h10-11,14H,1-9,12H2,(H2,20,21,22). The van der Waals surface area contributed by atoms with Crippen molar-refractivity contribution in [3.63, 3.8) is 0 Å². The molecule has 3 aliphatic heterocycles. The van der Waals surface area contributed by atoms with Crippen LogP contribution in [-0.2, 0) is 15.9 Å². The fourth-order valence-electron chi connectivity index (χ4n) is 4.20. The average molecular weight is 383 g/mol. The van der Waals surface area contributed by atoms with E-state index in [0.29, 0.717) is 19.3 Å². The molecule has 0 spiro atoms. The molecule has 2 aromatic heterocycles. The van der Waals surface area contributed by atoms with E-state index in [4.69, 9.17) is 25.2 Å². The predicted molar refractivity (Wildman–Crippen MR) is 105 cm³/mol. The summed E-state index contributed by atoms with van der Waals surface area (Å²) in [6.45, 7) is 5.53. The highest BCUT2D eigenvalue weighted by Gasteiger charge is 2.33. The van der Waals surface area contributed by atoms with Crippen molar-refractivity contribution in [1.29, 1.82) is 0 Å². The molecule has 0 bridgehead atoms. The van der Waals surface area contributed by atoms with Crippen LogP contribution in [0.2, 0.25) is 0 Å². The molecule has 0 aliphatic carbocycles. The SMILES string of the molecule is Nc1ncc(-c2nc(N3CCOCC3)nc3c2CCN3C2CCCOC2)cn1. The largest absolute Gasteiger partial charge is 0.379 e. The van der Waals surface area contributed by atoms with Gasteiger partial charge in [-0.1, -0.05) is 0 Å². The Morgan fingerprint density at radius 2 is 1.82 bits per heavy atom. The van der Waals surface area contributed by atoms with Gasteiger partial charge in [-0.3, -0.25) is 0 Å². The van der Waals surface area contributed by atoms with Gasteiger partial charge in [0.2, 0.25) is 11.9 Å². The van der Waals surface area contributed by atoms with Crippen LogP contribution in [0.1, 0.15) is 18.4 Å². The number of hydrogen-bond donors (Lipinski definition) is 1. The zero-order valence-electron chi connectivity index (χ0n) is 15.9. The van der Waals surface area contributed by atoms with E-state index in [9.17, 15) is 0 Å². The van der Waals surface area contributed by atoms with Crippen LogP contribution in [0.5, 0.6) is 0 Å². The molecule has 3 aliphatic rings. The Kier molecular flexibility index (Phi) is 4.69. The van der Waals surface area contributed by atoms with Crippen molar-refractivity contribution in [2.45, 2.75) is 25.3 Å². The quantitative estimate of drug-likeness (QED) is 0.828. The number of nitrogen functional groups attached to an aromatic ring is 1. The van der Waals surface area contributed by atoms with E-state index in [2.05, 4.69) is 19.8 Å². The fourth-order valence-corrected chi connectivity index (χ4v) is 4.20. The highest BCUT2D eigenvalue weighted by atomic mass is 16.5. The van der Waals surface area contributed by atoms with Gasteiger partial charge in [-0.25, -0.2) is 15.0 Å². The van der Waals surface area contributed by atoms with Crippen LogP contribution in [0.3, 0.4) is 0 Å². The number of ether oxygens (including phenoxy) is 2.